The number of hydrogen-bond donors (Lipinski definition) is 2. The fraction of sp³-hybridized carbons (Fsp3) is 0.529. The molecule has 0 spiro atoms. The van der Waals surface area contributed by atoms with E-state index in [4.69, 9.17) is 10.5 Å². The third-order valence-corrected chi connectivity index (χ3v) is 4.86. The first-order valence-corrected chi connectivity index (χ1v) is 8.32. The highest BCUT2D eigenvalue weighted by atomic mass is 16.5. The van der Waals surface area contributed by atoms with Gasteiger partial charge in [-0.05, 0) is 31.0 Å². The van der Waals surface area contributed by atoms with Crippen LogP contribution in [0.3, 0.4) is 0 Å². The molecule has 3 N–H and O–H groups in total. The smallest absolute Gasteiger partial charge is 0.250 e. The van der Waals surface area contributed by atoms with Crippen molar-refractivity contribution in [1.82, 2.24) is 10.2 Å². The van der Waals surface area contributed by atoms with Crippen molar-refractivity contribution in [2.24, 2.45) is 5.73 Å². The van der Waals surface area contributed by atoms with Crippen LogP contribution in [0.25, 0.3) is 0 Å². The molecule has 2 aliphatic heterocycles. The van der Waals surface area contributed by atoms with Crippen LogP contribution in [-0.2, 0) is 4.79 Å². The molecule has 7 nitrogen and oxygen atoms in total. The van der Waals surface area contributed by atoms with Crippen molar-refractivity contribution in [2.75, 3.05) is 44.7 Å². The predicted molar refractivity (Wildman–Crippen MR) is 91.3 cm³/mol. The molecule has 1 aromatic carbocycles. The fourth-order valence-corrected chi connectivity index (χ4v) is 3.56. The highest BCUT2D eigenvalue weighted by Crippen LogP contribution is 2.29. The molecule has 130 valence electrons. The average Bonchev–Trinajstić information content (AvgIpc) is 2.61. The third kappa shape index (κ3) is 3.46. The minimum absolute atomic E-state index is 0.106. The van der Waals surface area contributed by atoms with Gasteiger partial charge >= 0.3 is 0 Å². The van der Waals surface area contributed by atoms with Crippen molar-refractivity contribution in [3.63, 3.8) is 0 Å². The van der Waals surface area contributed by atoms with Crippen molar-refractivity contribution in [1.29, 1.82) is 0 Å². The minimum atomic E-state index is -0.446. The lowest BCUT2D eigenvalue weighted by Gasteiger charge is -2.41. The minimum Gasteiger partial charge on any atom is -0.497 e. The van der Waals surface area contributed by atoms with Crippen LogP contribution in [0.2, 0.25) is 0 Å². The van der Waals surface area contributed by atoms with Crippen LogP contribution in [0.1, 0.15) is 23.2 Å². The number of nitrogens with zero attached hydrogens (tertiary/aromatic N) is 2. The van der Waals surface area contributed by atoms with E-state index in [1.165, 1.54) is 0 Å². The number of piperazine rings is 1. The number of nitrogens with one attached hydrogen (secondary N) is 1. The number of piperidine rings is 1. The Balaban J connectivity index is 1.68. The molecule has 0 unspecified atom stereocenters. The van der Waals surface area contributed by atoms with Crippen molar-refractivity contribution in [2.45, 2.75) is 18.9 Å². The van der Waals surface area contributed by atoms with E-state index in [2.05, 4.69) is 15.1 Å². The molecule has 2 saturated heterocycles. The van der Waals surface area contributed by atoms with Gasteiger partial charge in [-0.25, -0.2) is 0 Å². The van der Waals surface area contributed by atoms with E-state index in [0.29, 0.717) is 23.9 Å². The maximum Gasteiger partial charge on any atom is 0.250 e. The monoisotopic (exact) mass is 332 g/mol. The van der Waals surface area contributed by atoms with Crippen molar-refractivity contribution in [3.8, 4) is 5.75 Å². The van der Waals surface area contributed by atoms with Gasteiger partial charge in [0.05, 0.1) is 19.2 Å². The summed E-state index contributed by atoms with van der Waals surface area (Å²) < 4.78 is 5.18. The summed E-state index contributed by atoms with van der Waals surface area (Å²) >= 11 is 0. The second-order valence-electron chi connectivity index (χ2n) is 6.29. The molecule has 2 fully saturated rings. The highest BCUT2D eigenvalue weighted by molar-refractivity contribution is 5.99. The molecule has 0 saturated carbocycles. The number of benzene rings is 1. The van der Waals surface area contributed by atoms with Gasteiger partial charge in [-0.3, -0.25) is 14.5 Å². The van der Waals surface area contributed by atoms with Crippen molar-refractivity contribution in [3.05, 3.63) is 23.8 Å². The van der Waals surface area contributed by atoms with Crippen molar-refractivity contribution < 1.29 is 14.3 Å². The molecule has 2 heterocycles. The van der Waals surface area contributed by atoms with E-state index in [1.807, 2.05) is 12.1 Å². The largest absolute Gasteiger partial charge is 0.497 e. The molecule has 7 heteroatoms. The summed E-state index contributed by atoms with van der Waals surface area (Å²) in [5, 5.41) is 2.86. The first kappa shape index (κ1) is 16.6. The molecule has 24 heavy (non-hydrogen) atoms. The summed E-state index contributed by atoms with van der Waals surface area (Å²) in [6, 6.07) is 5.86. The van der Waals surface area contributed by atoms with Gasteiger partial charge < -0.3 is 20.7 Å². The molecule has 0 radical (unpaired) electrons. The van der Waals surface area contributed by atoms with Gasteiger partial charge in [0.15, 0.2) is 0 Å². The number of carbonyl (C=O) groups is 2. The molecule has 0 aliphatic carbocycles. The number of primary amides is 1. The van der Waals surface area contributed by atoms with Gasteiger partial charge in [0.2, 0.25) is 5.91 Å². The van der Waals surface area contributed by atoms with Crippen LogP contribution < -0.4 is 20.7 Å². The zero-order valence-electron chi connectivity index (χ0n) is 14.0. The van der Waals surface area contributed by atoms with Gasteiger partial charge in [-0.15, -0.1) is 0 Å². The standard InChI is InChI=1S/C17H24N4O3/c1-24-13-2-3-15(14(10-13)17(18)23)20-7-4-12(5-8-20)21-9-6-19-16(22)11-21/h2-3,10,12H,4-9,11H2,1H3,(H2,18,23)(H,19,22). The number of nitrogens with two attached hydrogens (primary N) is 1. The zero-order valence-corrected chi connectivity index (χ0v) is 14.0. The van der Waals surface area contributed by atoms with E-state index in [0.717, 1.165) is 44.7 Å². The van der Waals surface area contributed by atoms with Crippen LogP contribution in [0.4, 0.5) is 5.69 Å². The molecule has 0 aromatic heterocycles. The van der Waals surface area contributed by atoms with Gasteiger partial charge in [0, 0.05) is 37.9 Å². The van der Waals surface area contributed by atoms with E-state index in [1.54, 1.807) is 13.2 Å². The summed E-state index contributed by atoms with van der Waals surface area (Å²) in [7, 11) is 1.57. The molecule has 3 rings (SSSR count). The van der Waals surface area contributed by atoms with Crippen LogP contribution in [0, 0.1) is 0 Å². The Labute approximate surface area is 141 Å². The van der Waals surface area contributed by atoms with Crippen LogP contribution >= 0.6 is 0 Å². The normalized spacial score (nSPS) is 19.9. The van der Waals surface area contributed by atoms with E-state index in [-0.39, 0.29) is 5.91 Å². The van der Waals surface area contributed by atoms with Gasteiger partial charge in [0.25, 0.3) is 5.91 Å². The van der Waals surface area contributed by atoms with Gasteiger partial charge in [-0.1, -0.05) is 0 Å². The van der Waals surface area contributed by atoms with Crippen LogP contribution in [0.15, 0.2) is 18.2 Å². The topological polar surface area (TPSA) is 87.9 Å². The van der Waals surface area contributed by atoms with E-state index < -0.39 is 5.91 Å². The SMILES string of the molecule is COc1ccc(N2CCC(N3CCNC(=O)C3)CC2)c(C(N)=O)c1. The summed E-state index contributed by atoms with van der Waals surface area (Å²) in [6.45, 7) is 3.80. The maximum absolute atomic E-state index is 11.8. The van der Waals surface area contributed by atoms with E-state index >= 15 is 0 Å². The van der Waals surface area contributed by atoms with E-state index in [9.17, 15) is 9.59 Å². The molecular weight excluding hydrogens is 308 g/mol. The third-order valence-electron chi connectivity index (χ3n) is 4.86. The lowest BCUT2D eigenvalue weighted by atomic mass is 10.0. The average molecular weight is 332 g/mol. The Morgan fingerprint density at radius 3 is 2.67 bits per heavy atom. The second-order valence-corrected chi connectivity index (χ2v) is 6.29. The van der Waals surface area contributed by atoms with Gasteiger partial charge in [-0.2, -0.15) is 0 Å². The summed E-state index contributed by atoms with van der Waals surface area (Å²) in [6.07, 6.45) is 1.94. The number of anilines is 1. The summed E-state index contributed by atoms with van der Waals surface area (Å²) in [5.41, 5.74) is 6.88. The summed E-state index contributed by atoms with van der Waals surface area (Å²) in [4.78, 5) is 27.8. The zero-order chi connectivity index (χ0) is 17.1. The lowest BCUT2D eigenvalue weighted by molar-refractivity contribution is -0.125. The molecular formula is C17H24N4O3. The lowest BCUT2D eigenvalue weighted by Crippen LogP contribution is -2.54. The number of rotatable bonds is 4. The quantitative estimate of drug-likeness (QED) is 0.822. The molecule has 0 bridgehead atoms. The maximum atomic E-state index is 11.8. The Bertz CT molecular complexity index is 626. The number of hydrogen-bond acceptors (Lipinski definition) is 5. The second kappa shape index (κ2) is 7.09. The molecule has 1 aromatic rings. The Hall–Kier alpha value is -2.28. The first-order chi connectivity index (χ1) is 11.6. The predicted octanol–water partition coefficient (Wildman–Crippen LogP) is 0.195. The Morgan fingerprint density at radius 2 is 2.04 bits per heavy atom. The molecule has 2 amide bonds. The Morgan fingerprint density at radius 1 is 1.29 bits per heavy atom. The number of ether oxygens (including phenoxy) is 1. The number of amides is 2. The number of carbonyl (C=O) groups excluding carboxylic acids is 2. The van der Waals surface area contributed by atoms with Crippen LogP contribution in [-0.4, -0.2) is 62.6 Å². The summed E-state index contributed by atoms with van der Waals surface area (Å²) in [5.74, 6) is 0.287. The number of methoxy groups -OCH3 is 1. The highest BCUT2D eigenvalue weighted by Gasteiger charge is 2.29. The molecule has 2 aliphatic rings. The van der Waals surface area contributed by atoms with Crippen molar-refractivity contribution >= 4 is 17.5 Å². The van der Waals surface area contributed by atoms with Gasteiger partial charge in [0.1, 0.15) is 5.75 Å². The fourth-order valence-electron chi connectivity index (χ4n) is 3.56. The molecule has 0 atom stereocenters. The van der Waals surface area contributed by atoms with Crippen LogP contribution in [0.5, 0.6) is 5.75 Å². The first-order valence-electron chi connectivity index (χ1n) is 8.32. The Kier molecular flexibility index (Phi) is 4.89.